The second-order valence-electron chi connectivity index (χ2n) is 1.75. The minimum atomic E-state index is -1.94. The number of rotatable bonds is 3. The third-order valence-electron chi connectivity index (χ3n) is 0.828. The van der Waals surface area contributed by atoms with Gasteiger partial charge >= 0.3 is 0 Å². The van der Waals surface area contributed by atoms with Gasteiger partial charge in [-0.05, 0) is 22.9 Å². The lowest BCUT2D eigenvalue weighted by Gasteiger charge is -2.07. The topological polar surface area (TPSA) is 26.3 Å². The minimum Gasteiger partial charge on any atom is -0.500 e. The summed E-state index contributed by atoms with van der Waals surface area (Å²) in [7, 11) is 0. The van der Waals surface area contributed by atoms with Crippen LogP contribution in [0.3, 0.4) is 0 Å². The van der Waals surface area contributed by atoms with Gasteiger partial charge in [0.15, 0.2) is 0 Å². The van der Waals surface area contributed by atoms with Crippen molar-refractivity contribution in [1.82, 2.24) is 0 Å². The van der Waals surface area contributed by atoms with Crippen molar-refractivity contribution in [3.63, 3.8) is 0 Å². The van der Waals surface area contributed by atoms with Gasteiger partial charge < -0.3 is 4.74 Å². The molecule has 0 bridgehead atoms. The highest BCUT2D eigenvalue weighted by atomic mass is 79.9. The molecule has 0 N–H and O–H groups in total. The number of hydrogen-bond acceptors (Lipinski definition) is 2. The van der Waals surface area contributed by atoms with Crippen LogP contribution in [0.25, 0.3) is 0 Å². The van der Waals surface area contributed by atoms with Crippen LogP contribution in [-0.4, -0.2) is 16.2 Å². The molecular formula is C6H6BrCl3O2. The molecule has 0 aliphatic rings. The maximum atomic E-state index is 11.1. The summed E-state index contributed by atoms with van der Waals surface area (Å²) in [6.07, 6.45) is 1.20. The fourth-order valence-corrected chi connectivity index (χ4v) is 1.42. The summed E-state index contributed by atoms with van der Waals surface area (Å²) in [5.74, 6) is -0.652. The molecule has 0 heterocycles. The molecule has 2 nitrogen and oxygen atoms in total. The zero-order chi connectivity index (χ0) is 9.78. The van der Waals surface area contributed by atoms with E-state index < -0.39 is 9.58 Å². The molecule has 0 aliphatic carbocycles. The molecule has 0 atom stereocenters. The van der Waals surface area contributed by atoms with E-state index in [9.17, 15) is 4.79 Å². The Hall–Kier alpha value is 0.560. The summed E-state index contributed by atoms with van der Waals surface area (Å²) >= 11 is 18.9. The molecule has 70 valence electrons. The van der Waals surface area contributed by atoms with Crippen LogP contribution in [0.4, 0.5) is 0 Å². The first-order valence-electron chi connectivity index (χ1n) is 2.98. The molecule has 0 saturated heterocycles. The summed E-state index contributed by atoms with van der Waals surface area (Å²) in [5.41, 5.74) is 0. The highest BCUT2D eigenvalue weighted by Crippen LogP contribution is 2.31. The van der Waals surface area contributed by atoms with E-state index in [-0.39, 0.29) is 4.48 Å². The number of halogens is 4. The predicted octanol–water partition coefficient (Wildman–Crippen LogP) is 3.20. The van der Waals surface area contributed by atoms with Crippen LogP contribution < -0.4 is 0 Å². The first kappa shape index (κ1) is 12.6. The van der Waals surface area contributed by atoms with Crippen molar-refractivity contribution in [3.05, 3.63) is 10.7 Å². The third kappa shape index (κ3) is 4.55. The van der Waals surface area contributed by atoms with Crippen LogP contribution in [0.15, 0.2) is 10.7 Å². The largest absolute Gasteiger partial charge is 0.500 e. The van der Waals surface area contributed by atoms with Gasteiger partial charge in [0.1, 0.15) is 6.26 Å². The summed E-state index contributed by atoms with van der Waals surface area (Å²) in [4.78, 5) is 11.1. The van der Waals surface area contributed by atoms with Crippen molar-refractivity contribution < 1.29 is 9.53 Å². The lowest BCUT2D eigenvalue weighted by Crippen LogP contribution is -2.18. The van der Waals surface area contributed by atoms with E-state index in [1.54, 1.807) is 6.92 Å². The average Bonchev–Trinajstić information content (AvgIpc) is 1.97. The molecule has 0 aromatic heterocycles. The van der Waals surface area contributed by atoms with E-state index in [0.29, 0.717) is 6.61 Å². The molecule has 12 heavy (non-hydrogen) atoms. The zero-order valence-corrected chi connectivity index (χ0v) is 9.97. The summed E-state index contributed by atoms with van der Waals surface area (Å²) in [6, 6.07) is 0. The van der Waals surface area contributed by atoms with Crippen molar-refractivity contribution in [3.8, 4) is 0 Å². The summed E-state index contributed by atoms with van der Waals surface area (Å²) in [6.45, 7) is 2.22. The number of ketones is 1. The Kier molecular flexibility index (Phi) is 5.57. The van der Waals surface area contributed by atoms with Crippen molar-refractivity contribution in [2.75, 3.05) is 6.61 Å². The minimum absolute atomic E-state index is 0.101. The summed E-state index contributed by atoms with van der Waals surface area (Å²) < 4.78 is 2.97. The lowest BCUT2D eigenvalue weighted by molar-refractivity contribution is -0.114. The molecule has 0 fully saturated rings. The number of Topliss-reactive ketones (excluding diaryl/α,β-unsaturated/α-hetero) is 1. The van der Waals surface area contributed by atoms with Crippen LogP contribution in [0.5, 0.6) is 0 Å². The van der Waals surface area contributed by atoms with Gasteiger partial charge in [0.2, 0.25) is 5.78 Å². The molecule has 0 aromatic rings. The lowest BCUT2D eigenvalue weighted by atomic mass is 10.4. The molecule has 0 unspecified atom stereocenters. The van der Waals surface area contributed by atoms with E-state index in [0.717, 1.165) is 0 Å². The first-order valence-corrected chi connectivity index (χ1v) is 4.91. The quantitative estimate of drug-likeness (QED) is 0.454. The van der Waals surface area contributed by atoms with E-state index in [2.05, 4.69) is 15.9 Å². The second-order valence-corrected chi connectivity index (χ2v) is 4.88. The second kappa shape index (κ2) is 5.32. The Morgan fingerprint density at radius 2 is 2.08 bits per heavy atom. The van der Waals surface area contributed by atoms with E-state index >= 15 is 0 Å². The van der Waals surface area contributed by atoms with Gasteiger partial charge in [-0.15, -0.1) is 0 Å². The van der Waals surface area contributed by atoms with Crippen molar-refractivity contribution in [2.24, 2.45) is 0 Å². The fourth-order valence-electron chi connectivity index (χ4n) is 0.345. The molecule has 0 rings (SSSR count). The Morgan fingerprint density at radius 1 is 1.58 bits per heavy atom. The molecule has 0 saturated carbocycles. The van der Waals surface area contributed by atoms with Gasteiger partial charge in [-0.2, -0.15) is 0 Å². The Morgan fingerprint density at radius 3 is 2.42 bits per heavy atom. The maximum Gasteiger partial charge on any atom is 0.254 e. The third-order valence-corrected chi connectivity index (χ3v) is 1.89. The number of carbonyl (C=O) groups is 1. The van der Waals surface area contributed by atoms with E-state index in [4.69, 9.17) is 39.5 Å². The molecule has 0 amide bonds. The highest BCUT2D eigenvalue weighted by Gasteiger charge is 2.32. The zero-order valence-electron chi connectivity index (χ0n) is 6.11. The molecular weight excluding hydrogens is 290 g/mol. The normalized spacial score (nSPS) is 12.9. The van der Waals surface area contributed by atoms with Crippen LogP contribution in [-0.2, 0) is 9.53 Å². The number of ether oxygens (including phenoxy) is 1. The van der Waals surface area contributed by atoms with Crippen LogP contribution in [0, 0.1) is 0 Å². The molecule has 0 radical (unpaired) electrons. The summed E-state index contributed by atoms with van der Waals surface area (Å²) in [5, 5.41) is 0. The van der Waals surface area contributed by atoms with Crippen LogP contribution in [0.2, 0.25) is 0 Å². The Bertz CT molecular complexity index is 197. The van der Waals surface area contributed by atoms with Gasteiger partial charge in [0.25, 0.3) is 3.79 Å². The smallest absolute Gasteiger partial charge is 0.254 e. The standard InChI is InChI=1S/C6H6BrCl3O2/c1-2-12-3-4(7)5(11)6(8,9)10/h3H,2H2,1H3/b4-3-. The van der Waals surface area contributed by atoms with Gasteiger partial charge in [-0.1, -0.05) is 34.8 Å². The van der Waals surface area contributed by atoms with Crippen LogP contribution >= 0.6 is 50.7 Å². The predicted molar refractivity (Wildman–Crippen MR) is 53.9 cm³/mol. The van der Waals surface area contributed by atoms with Gasteiger partial charge in [-0.25, -0.2) is 0 Å². The van der Waals surface area contributed by atoms with E-state index in [1.807, 2.05) is 0 Å². The molecule has 0 aromatic carbocycles. The van der Waals surface area contributed by atoms with Gasteiger partial charge in [0, 0.05) is 0 Å². The number of carbonyl (C=O) groups excluding carboxylic acids is 1. The van der Waals surface area contributed by atoms with Crippen molar-refractivity contribution in [2.45, 2.75) is 10.7 Å². The average molecular weight is 296 g/mol. The Labute approximate surface area is 93.9 Å². The molecule has 0 spiro atoms. The first-order chi connectivity index (χ1) is 5.39. The van der Waals surface area contributed by atoms with Crippen LogP contribution in [0.1, 0.15) is 6.92 Å². The molecule has 0 aliphatic heterocycles. The number of alkyl halides is 3. The SMILES string of the molecule is CCO/C=C(\Br)C(=O)C(Cl)(Cl)Cl. The van der Waals surface area contributed by atoms with Gasteiger partial charge in [-0.3, -0.25) is 4.79 Å². The number of allylic oxidation sites excluding steroid dienone is 1. The highest BCUT2D eigenvalue weighted by molar-refractivity contribution is 9.12. The Balaban J connectivity index is 4.30. The maximum absolute atomic E-state index is 11.1. The van der Waals surface area contributed by atoms with E-state index in [1.165, 1.54) is 6.26 Å². The fraction of sp³-hybridized carbons (Fsp3) is 0.500. The number of hydrogen-bond donors (Lipinski definition) is 0. The molecule has 6 heteroatoms. The van der Waals surface area contributed by atoms with Crippen molar-refractivity contribution >= 4 is 56.5 Å². The van der Waals surface area contributed by atoms with Gasteiger partial charge in [0.05, 0.1) is 11.1 Å². The van der Waals surface area contributed by atoms with Crippen molar-refractivity contribution in [1.29, 1.82) is 0 Å². The monoisotopic (exact) mass is 294 g/mol.